The van der Waals surface area contributed by atoms with Crippen LogP contribution in [-0.4, -0.2) is 26.0 Å². The Morgan fingerprint density at radius 3 is 2.76 bits per heavy atom. The van der Waals surface area contributed by atoms with Crippen LogP contribution in [0.2, 0.25) is 0 Å². The summed E-state index contributed by atoms with van der Waals surface area (Å²) in [6.45, 7) is 1.60. The average molecular weight is 232 g/mol. The fourth-order valence-corrected chi connectivity index (χ4v) is 1.75. The second-order valence-electron chi connectivity index (χ2n) is 3.74. The molecule has 0 atom stereocenters. The van der Waals surface area contributed by atoms with Crippen LogP contribution in [0.3, 0.4) is 0 Å². The van der Waals surface area contributed by atoms with Crippen molar-refractivity contribution in [2.75, 3.05) is 0 Å². The Kier molecular flexibility index (Phi) is 2.82. The number of carbonyl (C=O) groups is 1. The molecule has 1 aromatic heterocycles. The number of nitrogens with zero attached hydrogens (tertiary/aromatic N) is 2. The fourth-order valence-electron chi connectivity index (χ4n) is 1.75. The molecule has 2 rings (SSSR count). The van der Waals surface area contributed by atoms with Crippen molar-refractivity contribution in [1.82, 2.24) is 9.78 Å². The molecule has 5 nitrogen and oxygen atoms in total. The Balaban J connectivity index is 2.55. The van der Waals surface area contributed by atoms with Gasteiger partial charge in [0.15, 0.2) is 0 Å². The molecule has 1 aromatic carbocycles. The van der Waals surface area contributed by atoms with Crippen LogP contribution in [0.25, 0.3) is 11.3 Å². The van der Waals surface area contributed by atoms with E-state index in [1.807, 2.05) is 6.92 Å². The number of aryl methyl sites for hydroxylation is 1. The molecule has 2 N–H and O–H groups in total. The van der Waals surface area contributed by atoms with Gasteiger partial charge in [-0.1, -0.05) is 12.1 Å². The van der Waals surface area contributed by atoms with Crippen LogP contribution in [0.5, 0.6) is 5.75 Å². The number of carboxylic acid groups (broad SMARTS) is 1. The predicted octanol–water partition coefficient (Wildman–Crippen LogP) is 1.65. The highest BCUT2D eigenvalue weighted by molar-refractivity contribution is 5.72. The molecule has 0 fully saturated rings. The standard InChI is InChI=1S/C12H12N2O3/c1-8-6-13-14(7-11(16)17)12(8)9-4-2-3-5-10(9)15/h2-6,15H,7H2,1H3,(H,16,17). The van der Waals surface area contributed by atoms with Crippen molar-refractivity contribution in [3.05, 3.63) is 36.0 Å². The normalized spacial score (nSPS) is 10.4. The molecular weight excluding hydrogens is 220 g/mol. The van der Waals surface area contributed by atoms with Crippen LogP contribution in [0.15, 0.2) is 30.5 Å². The Morgan fingerprint density at radius 2 is 2.12 bits per heavy atom. The van der Waals surface area contributed by atoms with Crippen LogP contribution >= 0.6 is 0 Å². The Labute approximate surface area is 97.9 Å². The molecule has 1 heterocycles. The van der Waals surface area contributed by atoms with E-state index in [0.717, 1.165) is 5.56 Å². The molecule has 0 saturated heterocycles. The number of benzene rings is 1. The minimum atomic E-state index is -0.968. The molecule has 0 saturated carbocycles. The van der Waals surface area contributed by atoms with Gasteiger partial charge in [-0.15, -0.1) is 0 Å². The fraction of sp³-hybridized carbons (Fsp3) is 0.167. The van der Waals surface area contributed by atoms with Gasteiger partial charge in [0.05, 0.1) is 11.9 Å². The van der Waals surface area contributed by atoms with Crippen LogP contribution in [0.4, 0.5) is 0 Å². The van der Waals surface area contributed by atoms with Crippen molar-refractivity contribution in [3.63, 3.8) is 0 Å². The van der Waals surface area contributed by atoms with Gasteiger partial charge in [-0.2, -0.15) is 5.10 Å². The summed E-state index contributed by atoms with van der Waals surface area (Å²) in [6, 6.07) is 6.79. The first-order chi connectivity index (χ1) is 8.09. The van der Waals surface area contributed by atoms with E-state index in [2.05, 4.69) is 5.10 Å². The third-order valence-electron chi connectivity index (χ3n) is 2.47. The molecule has 0 aliphatic rings. The molecule has 2 aromatic rings. The van der Waals surface area contributed by atoms with Crippen LogP contribution < -0.4 is 0 Å². The third kappa shape index (κ3) is 2.13. The Bertz CT molecular complexity index is 561. The van der Waals surface area contributed by atoms with E-state index in [9.17, 15) is 9.90 Å². The minimum absolute atomic E-state index is 0.114. The number of para-hydroxylation sites is 1. The highest BCUT2D eigenvalue weighted by Gasteiger charge is 2.14. The number of aromatic hydroxyl groups is 1. The molecule has 0 radical (unpaired) electrons. The zero-order chi connectivity index (χ0) is 12.4. The summed E-state index contributed by atoms with van der Waals surface area (Å²) >= 11 is 0. The summed E-state index contributed by atoms with van der Waals surface area (Å²) in [7, 11) is 0. The summed E-state index contributed by atoms with van der Waals surface area (Å²) in [5, 5.41) is 22.6. The van der Waals surface area contributed by atoms with E-state index in [1.165, 1.54) is 4.68 Å². The number of phenols is 1. The number of hydrogen-bond donors (Lipinski definition) is 2. The summed E-state index contributed by atoms with van der Waals surface area (Å²) < 4.78 is 1.37. The SMILES string of the molecule is Cc1cnn(CC(=O)O)c1-c1ccccc1O. The number of carboxylic acids is 1. The first-order valence-corrected chi connectivity index (χ1v) is 5.12. The van der Waals surface area contributed by atoms with Crippen molar-refractivity contribution < 1.29 is 15.0 Å². The smallest absolute Gasteiger partial charge is 0.325 e. The second kappa shape index (κ2) is 4.29. The number of aliphatic carboxylic acids is 1. The molecule has 5 heteroatoms. The molecule has 0 unspecified atom stereocenters. The topological polar surface area (TPSA) is 75.4 Å². The Morgan fingerprint density at radius 1 is 1.41 bits per heavy atom. The molecule has 0 aliphatic carbocycles. The lowest BCUT2D eigenvalue weighted by molar-refractivity contribution is -0.137. The second-order valence-corrected chi connectivity index (χ2v) is 3.74. The van der Waals surface area contributed by atoms with E-state index in [0.29, 0.717) is 11.3 Å². The molecule has 0 amide bonds. The summed E-state index contributed by atoms with van der Waals surface area (Å²) in [5.41, 5.74) is 2.04. The number of rotatable bonds is 3. The maximum Gasteiger partial charge on any atom is 0.325 e. The average Bonchev–Trinajstić information content (AvgIpc) is 2.60. The minimum Gasteiger partial charge on any atom is -0.507 e. The monoisotopic (exact) mass is 232 g/mol. The van der Waals surface area contributed by atoms with Gasteiger partial charge >= 0.3 is 5.97 Å². The molecule has 0 spiro atoms. The van der Waals surface area contributed by atoms with Gasteiger partial charge in [0.1, 0.15) is 12.3 Å². The van der Waals surface area contributed by atoms with E-state index in [-0.39, 0.29) is 12.3 Å². The maximum absolute atomic E-state index is 10.7. The molecule has 0 bridgehead atoms. The van der Waals surface area contributed by atoms with Gasteiger partial charge < -0.3 is 10.2 Å². The maximum atomic E-state index is 10.7. The van der Waals surface area contributed by atoms with Crippen molar-refractivity contribution in [2.45, 2.75) is 13.5 Å². The number of hydrogen-bond acceptors (Lipinski definition) is 3. The zero-order valence-corrected chi connectivity index (χ0v) is 9.29. The van der Waals surface area contributed by atoms with Gasteiger partial charge in [-0.3, -0.25) is 9.48 Å². The highest BCUT2D eigenvalue weighted by atomic mass is 16.4. The lowest BCUT2D eigenvalue weighted by atomic mass is 10.1. The molecule has 0 aliphatic heterocycles. The third-order valence-corrected chi connectivity index (χ3v) is 2.47. The van der Waals surface area contributed by atoms with E-state index in [4.69, 9.17) is 5.11 Å². The van der Waals surface area contributed by atoms with Crippen molar-refractivity contribution in [2.24, 2.45) is 0 Å². The highest BCUT2D eigenvalue weighted by Crippen LogP contribution is 2.30. The van der Waals surface area contributed by atoms with Gasteiger partial charge in [0.2, 0.25) is 0 Å². The molecule has 17 heavy (non-hydrogen) atoms. The lowest BCUT2D eigenvalue weighted by Gasteiger charge is -2.08. The molecular formula is C12H12N2O3. The number of aromatic nitrogens is 2. The summed E-state index contributed by atoms with van der Waals surface area (Å²) in [5.74, 6) is -0.854. The Hall–Kier alpha value is -2.30. The van der Waals surface area contributed by atoms with Crippen LogP contribution in [-0.2, 0) is 11.3 Å². The quantitative estimate of drug-likeness (QED) is 0.843. The van der Waals surface area contributed by atoms with E-state index in [1.54, 1.807) is 30.5 Å². The van der Waals surface area contributed by atoms with Gasteiger partial charge in [-0.05, 0) is 24.6 Å². The van der Waals surface area contributed by atoms with Crippen molar-refractivity contribution in [3.8, 4) is 17.0 Å². The summed E-state index contributed by atoms with van der Waals surface area (Å²) in [6.07, 6.45) is 1.59. The van der Waals surface area contributed by atoms with Crippen molar-refractivity contribution in [1.29, 1.82) is 0 Å². The van der Waals surface area contributed by atoms with Gasteiger partial charge in [0.25, 0.3) is 0 Å². The first-order valence-electron chi connectivity index (χ1n) is 5.12. The van der Waals surface area contributed by atoms with Gasteiger partial charge in [0, 0.05) is 5.56 Å². The first kappa shape index (κ1) is 11.2. The van der Waals surface area contributed by atoms with E-state index >= 15 is 0 Å². The van der Waals surface area contributed by atoms with Crippen LogP contribution in [0.1, 0.15) is 5.56 Å². The molecule has 88 valence electrons. The predicted molar refractivity (Wildman–Crippen MR) is 61.7 cm³/mol. The van der Waals surface area contributed by atoms with Crippen LogP contribution in [0, 0.1) is 6.92 Å². The zero-order valence-electron chi connectivity index (χ0n) is 9.29. The largest absolute Gasteiger partial charge is 0.507 e. The van der Waals surface area contributed by atoms with Gasteiger partial charge in [-0.25, -0.2) is 0 Å². The van der Waals surface area contributed by atoms with E-state index < -0.39 is 5.97 Å². The lowest BCUT2D eigenvalue weighted by Crippen LogP contribution is -2.11. The number of phenolic OH excluding ortho intramolecular Hbond substituents is 1. The summed E-state index contributed by atoms with van der Waals surface area (Å²) in [4.78, 5) is 10.7. The van der Waals surface area contributed by atoms with Crippen molar-refractivity contribution >= 4 is 5.97 Å².